The van der Waals surface area contributed by atoms with Gasteiger partial charge in [-0.25, -0.2) is 13.1 Å². The second-order valence-electron chi connectivity index (χ2n) is 5.74. The molecule has 1 atom stereocenters. The lowest BCUT2D eigenvalue weighted by Crippen LogP contribution is -2.48. The van der Waals surface area contributed by atoms with Crippen LogP contribution in [-0.4, -0.2) is 37.0 Å². The van der Waals surface area contributed by atoms with E-state index in [1.807, 2.05) is 0 Å². The molecule has 0 aromatic rings. The summed E-state index contributed by atoms with van der Waals surface area (Å²) in [5.41, 5.74) is 0. The Kier molecular flexibility index (Phi) is 5.65. The Morgan fingerprint density at radius 3 is 2.00 bits per heavy atom. The molecule has 0 spiro atoms. The Morgan fingerprint density at radius 2 is 1.67 bits per heavy atom. The predicted molar refractivity (Wildman–Crippen MR) is 70.1 cm³/mol. The van der Waals surface area contributed by atoms with Gasteiger partial charge in [0.1, 0.15) is 6.04 Å². The van der Waals surface area contributed by atoms with E-state index in [0.29, 0.717) is 0 Å². The Hall–Kier alpha value is -0.830. The Labute approximate surface area is 122 Å². The van der Waals surface area contributed by atoms with E-state index in [4.69, 9.17) is 5.11 Å². The normalized spacial score (nSPS) is 25.8. The Morgan fingerprint density at radius 1 is 1.19 bits per heavy atom. The number of halogens is 3. The molecule has 0 saturated heterocycles. The molecule has 1 aliphatic carbocycles. The third-order valence-electron chi connectivity index (χ3n) is 3.80. The predicted octanol–water partition coefficient (Wildman–Crippen LogP) is 2.14. The summed E-state index contributed by atoms with van der Waals surface area (Å²) in [7, 11) is -3.94. The minimum Gasteiger partial charge on any atom is -0.480 e. The summed E-state index contributed by atoms with van der Waals surface area (Å²) < 4.78 is 63.9. The molecule has 2 N–H and O–H groups in total. The van der Waals surface area contributed by atoms with Gasteiger partial charge < -0.3 is 5.11 Å². The molecule has 0 heterocycles. The van der Waals surface area contributed by atoms with Gasteiger partial charge in [-0.15, -0.1) is 0 Å². The number of carboxylic acids is 1. The monoisotopic (exact) mass is 331 g/mol. The van der Waals surface area contributed by atoms with Gasteiger partial charge in [0, 0.05) is 0 Å². The summed E-state index contributed by atoms with van der Waals surface area (Å²) in [6.45, 7) is 3.11. The summed E-state index contributed by atoms with van der Waals surface area (Å²) in [6, 6.07) is -1.27. The third-order valence-corrected chi connectivity index (χ3v) is 5.73. The lowest BCUT2D eigenvalue weighted by molar-refractivity contribution is -0.181. The van der Waals surface area contributed by atoms with Gasteiger partial charge in [0.15, 0.2) is 0 Å². The summed E-state index contributed by atoms with van der Waals surface area (Å²) in [6.07, 6.45) is -5.00. The first-order valence-corrected chi connectivity index (χ1v) is 8.30. The maximum absolute atomic E-state index is 12.5. The van der Waals surface area contributed by atoms with Crippen LogP contribution in [-0.2, 0) is 14.8 Å². The van der Waals surface area contributed by atoms with Crippen LogP contribution in [0.4, 0.5) is 13.2 Å². The first kappa shape index (κ1) is 18.2. The van der Waals surface area contributed by atoms with E-state index in [1.165, 1.54) is 0 Å². The maximum Gasteiger partial charge on any atom is 0.391 e. The van der Waals surface area contributed by atoms with Crippen LogP contribution in [0.15, 0.2) is 0 Å². The van der Waals surface area contributed by atoms with Gasteiger partial charge in [-0.2, -0.15) is 13.2 Å². The van der Waals surface area contributed by atoms with Gasteiger partial charge in [0.25, 0.3) is 0 Å². The fourth-order valence-electron chi connectivity index (χ4n) is 2.45. The first-order chi connectivity index (χ1) is 9.45. The Balaban J connectivity index is 2.71. The van der Waals surface area contributed by atoms with Crippen molar-refractivity contribution in [2.24, 2.45) is 11.8 Å². The molecule has 0 bridgehead atoms. The number of nitrogens with one attached hydrogen (secondary N) is 1. The van der Waals surface area contributed by atoms with Crippen LogP contribution in [0.25, 0.3) is 0 Å². The second-order valence-corrected chi connectivity index (χ2v) is 7.73. The highest BCUT2D eigenvalue weighted by molar-refractivity contribution is 7.90. The van der Waals surface area contributed by atoms with Crippen LogP contribution >= 0.6 is 0 Å². The van der Waals surface area contributed by atoms with Crippen molar-refractivity contribution in [3.05, 3.63) is 0 Å². The van der Waals surface area contributed by atoms with E-state index in [1.54, 1.807) is 13.8 Å². The molecule has 124 valence electrons. The molecule has 0 unspecified atom stereocenters. The van der Waals surface area contributed by atoms with Crippen molar-refractivity contribution in [3.63, 3.8) is 0 Å². The molecule has 9 heteroatoms. The van der Waals surface area contributed by atoms with Crippen molar-refractivity contribution in [2.75, 3.05) is 0 Å². The SMILES string of the molecule is CC(C)[C@@H](NS(=O)(=O)C1CCC(C(F)(F)F)CC1)C(=O)O. The number of rotatable bonds is 5. The molecule has 1 saturated carbocycles. The van der Waals surface area contributed by atoms with Gasteiger partial charge in [-0.05, 0) is 31.6 Å². The summed E-state index contributed by atoms with van der Waals surface area (Å²) in [5, 5.41) is 8.02. The van der Waals surface area contributed by atoms with E-state index in [2.05, 4.69) is 4.72 Å². The number of alkyl halides is 3. The van der Waals surface area contributed by atoms with Crippen LogP contribution in [0.3, 0.4) is 0 Å². The topological polar surface area (TPSA) is 83.5 Å². The zero-order valence-corrected chi connectivity index (χ0v) is 12.7. The molecule has 0 aromatic carbocycles. The zero-order chi connectivity index (χ0) is 16.4. The third kappa shape index (κ3) is 4.84. The molecule has 5 nitrogen and oxygen atoms in total. The Bertz CT molecular complexity index is 467. The zero-order valence-electron chi connectivity index (χ0n) is 11.9. The van der Waals surface area contributed by atoms with Crippen LogP contribution in [0.1, 0.15) is 39.5 Å². The van der Waals surface area contributed by atoms with Crippen molar-refractivity contribution in [1.29, 1.82) is 0 Å². The highest BCUT2D eigenvalue weighted by Gasteiger charge is 2.44. The summed E-state index contributed by atoms with van der Waals surface area (Å²) in [5.74, 6) is -3.22. The average molecular weight is 331 g/mol. The molecule has 0 radical (unpaired) electrons. The maximum atomic E-state index is 12.5. The minimum absolute atomic E-state index is 0.107. The fourth-order valence-corrected chi connectivity index (χ4v) is 4.26. The van der Waals surface area contributed by atoms with Crippen molar-refractivity contribution >= 4 is 16.0 Å². The minimum atomic E-state index is -4.30. The number of carbonyl (C=O) groups is 1. The summed E-state index contributed by atoms with van der Waals surface area (Å²) >= 11 is 0. The van der Waals surface area contributed by atoms with E-state index in [-0.39, 0.29) is 25.7 Å². The van der Waals surface area contributed by atoms with E-state index < -0.39 is 45.3 Å². The molecule has 0 aliphatic heterocycles. The average Bonchev–Trinajstić information content (AvgIpc) is 2.34. The van der Waals surface area contributed by atoms with Gasteiger partial charge >= 0.3 is 12.1 Å². The van der Waals surface area contributed by atoms with Gasteiger partial charge in [0.05, 0.1) is 11.2 Å². The first-order valence-electron chi connectivity index (χ1n) is 6.75. The molecule has 0 amide bonds. The molecule has 1 fully saturated rings. The van der Waals surface area contributed by atoms with Crippen LogP contribution < -0.4 is 4.72 Å². The second kappa shape index (κ2) is 6.51. The quantitative estimate of drug-likeness (QED) is 0.808. The molecule has 1 rings (SSSR count). The standard InChI is InChI=1S/C12H20F3NO4S/c1-7(2)10(11(17)18)16-21(19,20)9-5-3-8(4-6-9)12(13,14)15/h7-10,16H,3-6H2,1-2H3,(H,17,18)/t8?,9?,10-/m1/s1. The molecular weight excluding hydrogens is 311 g/mol. The molecule has 1 aliphatic rings. The van der Waals surface area contributed by atoms with Crippen LogP contribution in [0.5, 0.6) is 0 Å². The van der Waals surface area contributed by atoms with Crippen molar-refractivity contribution < 1.29 is 31.5 Å². The van der Waals surface area contributed by atoms with E-state index in [0.717, 1.165) is 0 Å². The highest BCUT2D eigenvalue weighted by atomic mass is 32.2. The number of hydrogen-bond acceptors (Lipinski definition) is 3. The van der Waals surface area contributed by atoms with Crippen LogP contribution in [0.2, 0.25) is 0 Å². The van der Waals surface area contributed by atoms with Crippen molar-refractivity contribution in [3.8, 4) is 0 Å². The van der Waals surface area contributed by atoms with Gasteiger partial charge in [-0.1, -0.05) is 13.8 Å². The molecule has 21 heavy (non-hydrogen) atoms. The molecule has 0 aromatic heterocycles. The van der Waals surface area contributed by atoms with E-state index >= 15 is 0 Å². The lowest BCUT2D eigenvalue weighted by atomic mass is 9.88. The molecular formula is C12H20F3NO4S. The summed E-state index contributed by atoms with van der Waals surface area (Å²) in [4.78, 5) is 11.0. The highest BCUT2D eigenvalue weighted by Crippen LogP contribution is 2.39. The van der Waals surface area contributed by atoms with Gasteiger partial charge in [-0.3, -0.25) is 4.79 Å². The number of sulfonamides is 1. The number of carboxylic acid groups (broad SMARTS) is 1. The number of aliphatic carboxylic acids is 1. The van der Waals surface area contributed by atoms with E-state index in [9.17, 15) is 26.4 Å². The van der Waals surface area contributed by atoms with Crippen molar-refractivity contribution in [1.82, 2.24) is 4.72 Å². The largest absolute Gasteiger partial charge is 0.480 e. The van der Waals surface area contributed by atoms with Crippen LogP contribution in [0, 0.1) is 11.8 Å². The van der Waals surface area contributed by atoms with Crippen molar-refractivity contribution in [2.45, 2.75) is 57.0 Å². The smallest absolute Gasteiger partial charge is 0.391 e. The van der Waals surface area contributed by atoms with Gasteiger partial charge in [0.2, 0.25) is 10.0 Å². The number of hydrogen-bond donors (Lipinski definition) is 2. The fraction of sp³-hybridized carbons (Fsp3) is 0.917. The lowest BCUT2D eigenvalue weighted by Gasteiger charge is -2.30.